The van der Waals surface area contributed by atoms with Crippen LogP contribution in [-0.4, -0.2) is 30.7 Å². The van der Waals surface area contributed by atoms with Crippen molar-refractivity contribution in [3.63, 3.8) is 0 Å². The van der Waals surface area contributed by atoms with Gasteiger partial charge in [0.15, 0.2) is 0 Å². The Morgan fingerprint density at radius 3 is 2.21 bits per heavy atom. The molecule has 6 heteroatoms. The maximum atomic E-state index is 12.4. The van der Waals surface area contributed by atoms with E-state index in [1.807, 2.05) is 5.32 Å². The number of carbonyl (C=O) groups is 1. The number of alkyl halides is 3. The second-order valence-electron chi connectivity index (χ2n) is 3.58. The van der Waals surface area contributed by atoms with Gasteiger partial charge in [-0.25, -0.2) is 0 Å². The molecule has 1 rings (SSSR count). The molecular formula is C8H13F3N2O. The lowest BCUT2D eigenvalue weighted by molar-refractivity contribution is -0.170. The number of rotatable bonds is 3. The summed E-state index contributed by atoms with van der Waals surface area (Å²) in [6.45, 7) is 1.52. The second kappa shape index (κ2) is 3.42. The van der Waals surface area contributed by atoms with Gasteiger partial charge in [0.1, 0.15) is 5.54 Å². The molecular weight excluding hydrogens is 197 g/mol. The molecule has 0 bridgehead atoms. The second-order valence-corrected chi connectivity index (χ2v) is 3.58. The zero-order valence-corrected chi connectivity index (χ0v) is 8.03. The van der Waals surface area contributed by atoms with Gasteiger partial charge in [-0.3, -0.25) is 4.79 Å². The third-order valence-corrected chi connectivity index (χ3v) is 2.48. The van der Waals surface area contributed by atoms with E-state index in [4.69, 9.17) is 0 Å². The Kier molecular flexibility index (Phi) is 2.76. The van der Waals surface area contributed by atoms with Crippen LogP contribution in [0.3, 0.4) is 0 Å². The van der Waals surface area contributed by atoms with E-state index in [1.165, 1.54) is 14.0 Å². The fourth-order valence-corrected chi connectivity index (χ4v) is 1.08. The first-order valence-electron chi connectivity index (χ1n) is 4.38. The molecule has 1 fully saturated rings. The van der Waals surface area contributed by atoms with Crippen molar-refractivity contribution in [3.05, 3.63) is 0 Å². The van der Waals surface area contributed by atoms with Crippen LogP contribution in [0.1, 0.15) is 19.8 Å². The summed E-state index contributed by atoms with van der Waals surface area (Å²) in [5.74, 6) is -0.609. The van der Waals surface area contributed by atoms with Crippen molar-refractivity contribution >= 4 is 5.91 Å². The molecule has 1 amide bonds. The molecule has 0 aromatic rings. The van der Waals surface area contributed by atoms with Crippen molar-refractivity contribution < 1.29 is 18.0 Å². The van der Waals surface area contributed by atoms with E-state index in [0.29, 0.717) is 0 Å². The SMILES string of the molecule is CNC(C)C(=O)NC1(C(F)(F)F)CC1. The number of amides is 1. The first-order valence-corrected chi connectivity index (χ1v) is 4.38. The van der Waals surface area contributed by atoms with Crippen LogP contribution in [-0.2, 0) is 4.79 Å². The first-order chi connectivity index (χ1) is 6.32. The maximum absolute atomic E-state index is 12.4. The van der Waals surface area contributed by atoms with E-state index < -0.39 is 23.7 Å². The molecule has 0 aromatic carbocycles. The highest BCUT2D eigenvalue weighted by Crippen LogP contribution is 2.48. The van der Waals surface area contributed by atoms with Crippen LogP contribution in [0, 0.1) is 0 Å². The molecule has 3 nitrogen and oxygen atoms in total. The topological polar surface area (TPSA) is 41.1 Å². The van der Waals surface area contributed by atoms with E-state index in [0.717, 1.165) is 0 Å². The van der Waals surface area contributed by atoms with Gasteiger partial charge in [-0.2, -0.15) is 13.2 Å². The van der Waals surface area contributed by atoms with Crippen LogP contribution in [0.2, 0.25) is 0 Å². The summed E-state index contributed by atoms with van der Waals surface area (Å²) >= 11 is 0. The van der Waals surface area contributed by atoms with Crippen LogP contribution >= 0.6 is 0 Å². The van der Waals surface area contributed by atoms with Gasteiger partial charge in [-0.1, -0.05) is 0 Å². The molecule has 1 aliphatic carbocycles. The average molecular weight is 210 g/mol. The van der Waals surface area contributed by atoms with E-state index in [9.17, 15) is 18.0 Å². The number of carbonyl (C=O) groups excluding carboxylic acids is 1. The summed E-state index contributed by atoms with van der Waals surface area (Å²) in [7, 11) is 1.53. The summed E-state index contributed by atoms with van der Waals surface area (Å²) in [5.41, 5.74) is -1.95. The van der Waals surface area contributed by atoms with Crippen molar-refractivity contribution in [3.8, 4) is 0 Å². The van der Waals surface area contributed by atoms with Gasteiger partial charge in [-0.05, 0) is 26.8 Å². The molecule has 0 saturated heterocycles. The van der Waals surface area contributed by atoms with Gasteiger partial charge in [0.05, 0.1) is 6.04 Å². The van der Waals surface area contributed by atoms with Gasteiger partial charge in [0.25, 0.3) is 0 Å². The lowest BCUT2D eigenvalue weighted by Gasteiger charge is -2.22. The number of likely N-dealkylation sites (N-methyl/N-ethyl adjacent to an activating group) is 1. The van der Waals surface area contributed by atoms with Crippen molar-refractivity contribution in [2.45, 2.75) is 37.5 Å². The minimum Gasteiger partial charge on any atom is -0.341 e. The summed E-state index contributed by atoms with van der Waals surface area (Å²) in [4.78, 5) is 11.2. The predicted molar refractivity (Wildman–Crippen MR) is 44.7 cm³/mol. The van der Waals surface area contributed by atoms with Gasteiger partial charge < -0.3 is 10.6 Å². The van der Waals surface area contributed by atoms with Crippen LogP contribution in [0.5, 0.6) is 0 Å². The average Bonchev–Trinajstić information content (AvgIpc) is 2.82. The summed E-state index contributed by atoms with van der Waals surface area (Å²) in [5, 5.41) is 4.62. The van der Waals surface area contributed by atoms with Gasteiger partial charge in [0, 0.05) is 0 Å². The van der Waals surface area contributed by atoms with E-state index >= 15 is 0 Å². The largest absolute Gasteiger partial charge is 0.411 e. The monoisotopic (exact) mass is 210 g/mol. The normalized spacial score (nSPS) is 21.5. The molecule has 0 spiro atoms. The Morgan fingerprint density at radius 2 is 1.93 bits per heavy atom. The maximum Gasteiger partial charge on any atom is 0.411 e. The van der Waals surface area contributed by atoms with Crippen molar-refractivity contribution in [1.29, 1.82) is 0 Å². The van der Waals surface area contributed by atoms with Crippen molar-refractivity contribution in [1.82, 2.24) is 10.6 Å². The minimum absolute atomic E-state index is 0.0152. The Morgan fingerprint density at radius 1 is 1.43 bits per heavy atom. The third-order valence-electron chi connectivity index (χ3n) is 2.48. The first kappa shape index (κ1) is 11.3. The van der Waals surface area contributed by atoms with Gasteiger partial charge >= 0.3 is 6.18 Å². The number of halogens is 3. The highest BCUT2D eigenvalue weighted by atomic mass is 19.4. The lowest BCUT2D eigenvalue weighted by Crippen LogP contribution is -2.52. The molecule has 1 unspecified atom stereocenters. The standard InChI is InChI=1S/C8H13F3N2O/c1-5(12-2)6(14)13-7(3-4-7)8(9,10)11/h5,12H,3-4H2,1-2H3,(H,13,14). The molecule has 82 valence electrons. The summed E-state index contributed by atoms with van der Waals surface area (Å²) < 4.78 is 37.2. The molecule has 0 heterocycles. The molecule has 1 aliphatic rings. The molecule has 0 aliphatic heterocycles. The van der Waals surface area contributed by atoms with Crippen LogP contribution < -0.4 is 10.6 Å². The zero-order valence-electron chi connectivity index (χ0n) is 8.03. The summed E-state index contributed by atoms with van der Waals surface area (Å²) in [6, 6.07) is -0.602. The van der Waals surface area contributed by atoms with Crippen LogP contribution in [0.4, 0.5) is 13.2 Å². The fourth-order valence-electron chi connectivity index (χ4n) is 1.08. The highest BCUT2D eigenvalue weighted by Gasteiger charge is 2.64. The summed E-state index contributed by atoms with van der Waals surface area (Å²) in [6.07, 6.45) is -4.37. The Bertz CT molecular complexity index is 235. The molecule has 0 radical (unpaired) electrons. The molecule has 1 atom stereocenters. The number of hydrogen-bond acceptors (Lipinski definition) is 2. The smallest absolute Gasteiger partial charge is 0.341 e. The Labute approximate surface area is 80.0 Å². The van der Waals surface area contributed by atoms with Crippen LogP contribution in [0.25, 0.3) is 0 Å². The van der Waals surface area contributed by atoms with Crippen molar-refractivity contribution in [2.24, 2.45) is 0 Å². The molecule has 14 heavy (non-hydrogen) atoms. The third kappa shape index (κ3) is 2.00. The number of hydrogen-bond donors (Lipinski definition) is 2. The lowest BCUT2D eigenvalue weighted by atomic mass is 10.2. The van der Waals surface area contributed by atoms with Gasteiger partial charge in [0.2, 0.25) is 5.91 Å². The molecule has 1 saturated carbocycles. The predicted octanol–water partition coefficient (Wildman–Crippen LogP) is 0.805. The zero-order chi connectivity index (χ0) is 11.0. The van der Waals surface area contributed by atoms with E-state index in [2.05, 4.69) is 5.32 Å². The van der Waals surface area contributed by atoms with Crippen LogP contribution in [0.15, 0.2) is 0 Å². The highest BCUT2D eigenvalue weighted by molar-refractivity contribution is 5.82. The fraction of sp³-hybridized carbons (Fsp3) is 0.875. The quantitative estimate of drug-likeness (QED) is 0.723. The Hall–Kier alpha value is -0.780. The van der Waals surface area contributed by atoms with Gasteiger partial charge in [-0.15, -0.1) is 0 Å². The number of nitrogens with one attached hydrogen (secondary N) is 2. The Balaban J connectivity index is 2.57. The van der Waals surface area contributed by atoms with Crippen molar-refractivity contribution in [2.75, 3.05) is 7.05 Å². The molecule has 2 N–H and O–H groups in total. The minimum atomic E-state index is -4.34. The van der Waals surface area contributed by atoms with E-state index in [1.54, 1.807) is 0 Å². The van der Waals surface area contributed by atoms with E-state index in [-0.39, 0.29) is 12.8 Å². The molecule has 0 aromatic heterocycles.